The molecule has 6 heteroatoms. The Morgan fingerprint density at radius 2 is 1.68 bits per heavy atom. The van der Waals surface area contributed by atoms with Crippen LogP contribution in [0, 0.1) is 0 Å². The highest BCUT2D eigenvalue weighted by molar-refractivity contribution is 5.98. The van der Waals surface area contributed by atoms with Gasteiger partial charge in [0.05, 0.1) is 29.6 Å². The first-order valence-corrected chi connectivity index (χ1v) is 8.10. The molecular weight excluding hydrogens is 316 g/mol. The Morgan fingerprint density at radius 3 is 2.28 bits per heavy atom. The second-order valence-corrected chi connectivity index (χ2v) is 6.08. The number of hydrogen-bond acceptors (Lipinski definition) is 5. The fourth-order valence-electron chi connectivity index (χ4n) is 2.18. The zero-order chi connectivity index (χ0) is 18.4. The molecule has 0 aliphatic heterocycles. The molecule has 2 aromatic rings. The normalized spacial score (nSPS) is 12.2. The van der Waals surface area contributed by atoms with Gasteiger partial charge in [-0.1, -0.05) is 12.1 Å². The first-order valence-electron chi connectivity index (χ1n) is 8.10. The number of carbonyl (C=O) groups is 1. The van der Waals surface area contributed by atoms with Crippen LogP contribution in [-0.2, 0) is 0 Å². The third-order valence-corrected chi connectivity index (χ3v) is 4.02. The highest BCUT2D eigenvalue weighted by atomic mass is 16.3. The molecule has 1 N–H and O–H groups in total. The number of aliphatic hydroxyl groups excluding tert-OH is 1. The van der Waals surface area contributed by atoms with E-state index in [1.54, 1.807) is 32.2 Å². The number of carbonyl (C=O) groups excluding carboxylic acids is 1. The van der Waals surface area contributed by atoms with Gasteiger partial charge in [-0.25, -0.2) is 0 Å². The van der Waals surface area contributed by atoms with Crippen LogP contribution < -0.4 is 4.90 Å². The van der Waals surface area contributed by atoms with Crippen LogP contribution in [0.15, 0.2) is 58.8 Å². The summed E-state index contributed by atoms with van der Waals surface area (Å²) in [5.74, 6) is -0.195. The van der Waals surface area contributed by atoms with Crippen molar-refractivity contribution >= 4 is 23.0 Å². The van der Waals surface area contributed by atoms with Gasteiger partial charge in [-0.3, -0.25) is 4.79 Å². The van der Waals surface area contributed by atoms with Gasteiger partial charge in [0.2, 0.25) is 0 Å². The number of amides is 1. The van der Waals surface area contributed by atoms with Crippen LogP contribution in [0.25, 0.3) is 0 Å². The topological polar surface area (TPSA) is 68.5 Å². The molecule has 0 radical (unpaired) electrons. The number of rotatable bonds is 6. The van der Waals surface area contributed by atoms with Gasteiger partial charge < -0.3 is 14.9 Å². The van der Waals surface area contributed by atoms with Gasteiger partial charge >= 0.3 is 0 Å². The molecule has 2 aromatic carbocycles. The second kappa shape index (κ2) is 8.39. The zero-order valence-corrected chi connectivity index (χ0v) is 15.0. The molecule has 1 amide bonds. The van der Waals surface area contributed by atoms with Gasteiger partial charge in [0.1, 0.15) is 0 Å². The van der Waals surface area contributed by atoms with Gasteiger partial charge in [0.25, 0.3) is 5.91 Å². The third kappa shape index (κ3) is 4.64. The SMILES string of the molecule is CC(CO)N(C)C(=O)c1ccccc1N=Nc1ccc(N(C)C)cc1. The minimum atomic E-state index is -0.268. The van der Waals surface area contributed by atoms with Gasteiger partial charge in [0.15, 0.2) is 0 Å². The lowest BCUT2D eigenvalue weighted by Gasteiger charge is -2.23. The Kier molecular flexibility index (Phi) is 6.25. The second-order valence-electron chi connectivity index (χ2n) is 6.08. The lowest BCUT2D eigenvalue weighted by Crippen LogP contribution is -2.37. The summed E-state index contributed by atoms with van der Waals surface area (Å²) in [4.78, 5) is 16.1. The zero-order valence-electron chi connectivity index (χ0n) is 15.0. The molecule has 0 saturated heterocycles. The molecule has 0 aliphatic carbocycles. The molecule has 2 rings (SSSR count). The van der Waals surface area contributed by atoms with E-state index in [4.69, 9.17) is 0 Å². The summed E-state index contributed by atoms with van der Waals surface area (Å²) >= 11 is 0. The summed E-state index contributed by atoms with van der Waals surface area (Å²) in [6, 6.07) is 14.5. The third-order valence-electron chi connectivity index (χ3n) is 4.02. The number of benzene rings is 2. The summed E-state index contributed by atoms with van der Waals surface area (Å²) in [5.41, 5.74) is 2.75. The van der Waals surface area contributed by atoms with Crippen molar-refractivity contribution < 1.29 is 9.90 Å². The lowest BCUT2D eigenvalue weighted by atomic mass is 10.1. The van der Waals surface area contributed by atoms with E-state index in [9.17, 15) is 9.90 Å². The monoisotopic (exact) mass is 340 g/mol. The molecule has 0 spiro atoms. The maximum atomic E-state index is 12.6. The first-order chi connectivity index (χ1) is 11.9. The first kappa shape index (κ1) is 18.6. The van der Waals surface area contributed by atoms with Crippen LogP contribution in [0.1, 0.15) is 17.3 Å². The average Bonchev–Trinajstić information content (AvgIpc) is 2.65. The van der Waals surface area contributed by atoms with E-state index in [-0.39, 0.29) is 18.6 Å². The number of hydrogen-bond donors (Lipinski definition) is 1. The molecule has 0 heterocycles. The van der Waals surface area contributed by atoms with Crippen LogP contribution in [0.3, 0.4) is 0 Å². The molecule has 0 aliphatic rings. The number of azo groups is 1. The standard InChI is InChI=1S/C19H24N4O2/c1-14(13-24)23(4)19(25)17-7-5-6-8-18(17)21-20-15-9-11-16(12-10-15)22(2)3/h5-12,14,24H,13H2,1-4H3. The van der Waals surface area contributed by atoms with Crippen LogP contribution in [0.2, 0.25) is 0 Å². The van der Waals surface area contributed by atoms with Crippen molar-refractivity contribution in [3.63, 3.8) is 0 Å². The predicted molar refractivity (Wildman–Crippen MR) is 100 cm³/mol. The molecule has 0 saturated carbocycles. The average molecular weight is 340 g/mol. The summed E-state index contributed by atoms with van der Waals surface area (Å²) in [7, 11) is 5.61. The van der Waals surface area contributed by atoms with E-state index < -0.39 is 0 Å². The maximum absolute atomic E-state index is 12.6. The lowest BCUT2D eigenvalue weighted by molar-refractivity contribution is 0.0683. The van der Waals surface area contributed by atoms with E-state index in [1.165, 1.54) is 4.90 Å². The molecule has 6 nitrogen and oxygen atoms in total. The van der Waals surface area contributed by atoms with E-state index >= 15 is 0 Å². The fraction of sp³-hybridized carbons (Fsp3) is 0.316. The van der Waals surface area contributed by atoms with Crippen molar-refractivity contribution in [2.45, 2.75) is 13.0 Å². The van der Waals surface area contributed by atoms with E-state index in [1.807, 2.05) is 49.3 Å². The summed E-state index contributed by atoms with van der Waals surface area (Å²) < 4.78 is 0. The Bertz CT molecular complexity index is 741. The molecule has 1 atom stereocenters. The molecule has 0 bridgehead atoms. The van der Waals surface area contributed by atoms with Crippen molar-refractivity contribution in [3.8, 4) is 0 Å². The molecular formula is C19H24N4O2. The highest BCUT2D eigenvalue weighted by Crippen LogP contribution is 2.25. The molecule has 0 aromatic heterocycles. The largest absolute Gasteiger partial charge is 0.394 e. The number of aliphatic hydroxyl groups is 1. The Balaban J connectivity index is 2.24. The van der Waals surface area contributed by atoms with Crippen LogP contribution in [0.5, 0.6) is 0 Å². The van der Waals surface area contributed by atoms with Crippen molar-refractivity contribution in [3.05, 3.63) is 54.1 Å². The molecule has 25 heavy (non-hydrogen) atoms. The van der Waals surface area contributed by atoms with Gasteiger partial charge in [-0.05, 0) is 43.3 Å². The van der Waals surface area contributed by atoms with Crippen LogP contribution >= 0.6 is 0 Å². The smallest absolute Gasteiger partial charge is 0.256 e. The number of anilines is 1. The molecule has 1 unspecified atom stereocenters. The van der Waals surface area contributed by atoms with Crippen molar-refractivity contribution in [2.24, 2.45) is 10.2 Å². The minimum Gasteiger partial charge on any atom is -0.394 e. The maximum Gasteiger partial charge on any atom is 0.256 e. The van der Waals surface area contributed by atoms with Crippen LogP contribution in [-0.4, -0.2) is 49.7 Å². The van der Waals surface area contributed by atoms with Gasteiger partial charge in [-0.2, -0.15) is 5.11 Å². The summed E-state index contributed by atoms with van der Waals surface area (Å²) in [6.45, 7) is 1.69. The predicted octanol–water partition coefficient (Wildman–Crippen LogP) is 3.62. The van der Waals surface area contributed by atoms with E-state index in [0.29, 0.717) is 16.9 Å². The summed E-state index contributed by atoms with van der Waals surface area (Å²) in [6.07, 6.45) is 0. The Labute approximate surface area is 148 Å². The quantitative estimate of drug-likeness (QED) is 0.817. The van der Waals surface area contributed by atoms with Crippen LogP contribution in [0.4, 0.5) is 17.1 Å². The molecule has 0 fully saturated rings. The van der Waals surface area contributed by atoms with Crippen molar-refractivity contribution in [1.29, 1.82) is 0 Å². The van der Waals surface area contributed by atoms with E-state index in [0.717, 1.165) is 5.69 Å². The highest BCUT2D eigenvalue weighted by Gasteiger charge is 2.19. The number of likely N-dealkylation sites (N-methyl/N-ethyl adjacent to an activating group) is 1. The fourth-order valence-corrected chi connectivity index (χ4v) is 2.18. The Hall–Kier alpha value is -2.73. The van der Waals surface area contributed by atoms with Gasteiger partial charge in [-0.15, -0.1) is 5.11 Å². The van der Waals surface area contributed by atoms with Crippen molar-refractivity contribution in [1.82, 2.24) is 4.90 Å². The van der Waals surface area contributed by atoms with E-state index in [2.05, 4.69) is 10.2 Å². The minimum absolute atomic E-state index is 0.0931. The van der Waals surface area contributed by atoms with Gasteiger partial charge in [0, 0.05) is 26.8 Å². The van der Waals surface area contributed by atoms with Crippen molar-refractivity contribution in [2.75, 3.05) is 32.6 Å². The number of nitrogens with zero attached hydrogens (tertiary/aromatic N) is 4. The molecule has 132 valence electrons. The Morgan fingerprint density at radius 1 is 1.04 bits per heavy atom. The summed E-state index contributed by atoms with van der Waals surface area (Å²) in [5, 5.41) is 17.7.